The molecule has 0 radical (unpaired) electrons. The van der Waals surface area contributed by atoms with E-state index in [1.54, 1.807) is 25.3 Å². The van der Waals surface area contributed by atoms with E-state index in [1.807, 2.05) is 66.2 Å². The zero-order chi connectivity index (χ0) is 26.2. The van der Waals surface area contributed by atoms with Gasteiger partial charge in [0.05, 0.1) is 17.6 Å². The molecule has 0 aliphatic carbocycles. The number of oxime groups is 1. The van der Waals surface area contributed by atoms with Crippen LogP contribution in [0.3, 0.4) is 0 Å². The summed E-state index contributed by atoms with van der Waals surface area (Å²) in [6, 6.07) is 23.1. The number of hydrogen-bond donors (Lipinski definition) is 1. The highest BCUT2D eigenvalue weighted by molar-refractivity contribution is 6.00. The number of para-hydroxylation sites is 1. The van der Waals surface area contributed by atoms with Gasteiger partial charge < -0.3 is 14.7 Å². The summed E-state index contributed by atoms with van der Waals surface area (Å²) >= 11 is 0. The number of carboxylic acid groups (broad SMARTS) is 1. The Bertz CT molecular complexity index is 1350. The summed E-state index contributed by atoms with van der Waals surface area (Å²) < 4.78 is 20.8. The van der Waals surface area contributed by atoms with Gasteiger partial charge >= 0.3 is 5.97 Å². The Morgan fingerprint density at radius 1 is 1.00 bits per heavy atom. The van der Waals surface area contributed by atoms with Gasteiger partial charge in [-0.05, 0) is 67.8 Å². The molecule has 0 aliphatic rings. The molecule has 7 nitrogen and oxygen atoms in total. The minimum atomic E-state index is -0.988. The van der Waals surface area contributed by atoms with Crippen LogP contribution in [0.15, 0.2) is 90.2 Å². The molecule has 190 valence electrons. The predicted octanol–water partition coefficient (Wildman–Crippen LogP) is 5.73. The Kier molecular flexibility index (Phi) is 8.30. The van der Waals surface area contributed by atoms with Crippen molar-refractivity contribution in [3.63, 3.8) is 0 Å². The van der Waals surface area contributed by atoms with Gasteiger partial charge in [-0.15, -0.1) is 0 Å². The van der Waals surface area contributed by atoms with Gasteiger partial charge in [0.1, 0.15) is 30.7 Å². The molecule has 0 bridgehead atoms. The van der Waals surface area contributed by atoms with Gasteiger partial charge in [-0.2, -0.15) is 5.10 Å². The van der Waals surface area contributed by atoms with Crippen LogP contribution in [0.4, 0.5) is 4.39 Å². The average Bonchev–Trinajstić information content (AvgIpc) is 3.28. The van der Waals surface area contributed by atoms with Gasteiger partial charge in [-0.25, -0.2) is 9.07 Å². The standard InChI is InChI=1S/C29H28FN3O4/c1-20(32-37-18-23-8-12-25(30)13-9-23)28(29(34)35)16-22-10-14-27(15-11-22)36-19-24-17-31-33(21(24)2)26-6-4-3-5-7-26/h3-15,17,28H,16,18-19H2,1-2H3,(H,34,35)/b32-20+. The van der Waals surface area contributed by atoms with E-state index in [2.05, 4.69) is 10.3 Å². The number of ether oxygens (including phenoxy) is 1. The van der Waals surface area contributed by atoms with E-state index < -0.39 is 11.9 Å². The molecule has 8 heteroatoms. The molecule has 0 fully saturated rings. The topological polar surface area (TPSA) is 85.9 Å². The van der Waals surface area contributed by atoms with Crippen LogP contribution in [0.5, 0.6) is 5.75 Å². The van der Waals surface area contributed by atoms with Crippen molar-refractivity contribution in [1.29, 1.82) is 0 Å². The molecule has 1 unspecified atom stereocenters. The molecule has 1 N–H and O–H groups in total. The van der Waals surface area contributed by atoms with Crippen LogP contribution < -0.4 is 4.74 Å². The first-order valence-electron chi connectivity index (χ1n) is 11.8. The summed E-state index contributed by atoms with van der Waals surface area (Å²) in [5.74, 6) is -1.49. The Morgan fingerprint density at radius 3 is 2.35 bits per heavy atom. The van der Waals surface area contributed by atoms with Crippen LogP contribution in [0.2, 0.25) is 0 Å². The minimum Gasteiger partial charge on any atom is -0.489 e. The first kappa shape index (κ1) is 25.6. The molecule has 0 spiro atoms. The van der Waals surface area contributed by atoms with E-state index in [9.17, 15) is 14.3 Å². The number of hydrogen-bond acceptors (Lipinski definition) is 5. The molecule has 1 aromatic heterocycles. The van der Waals surface area contributed by atoms with Gasteiger partial charge in [0.15, 0.2) is 0 Å². The first-order valence-corrected chi connectivity index (χ1v) is 11.8. The second-order valence-electron chi connectivity index (χ2n) is 8.66. The molecule has 0 saturated carbocycles. The Hall–Kier alpha value is -4.46. The van der Waals surface area contributed by atoms with E-state index in [4.69, 9.17) is 9.57 Å². The molecule has 0 saturated heterocycles. The fraction of sp³-hybridized carbons (Fsp3) is 0.207. The number of aromatic nitrogens is 2. The van der Waals surface area contributed by atoms with Crippen LogP contribution in [0, 0.1) is 18.7 Å². The maximum Gasteiger partial charge on any atom is 0.312 e. The highest BCUT2D eigenvalue weighted by atomic mass is 19.1. The highest BCUT2D eigenvalue weighted by Gasteiger charge is 2.22. The van der Waals surface area contributed by atoms with Gasteiger partial charge in [-0.1, -0.05) is 47.6 Å². The lowest BCUT2D eigenvalue weighted by atomic mass is 9.95. The number of carbonyl (C=O) groups is 1. The third-order valence-corrected chi connectivity index (χ3v) is 6.03. The summed E-state index contributed by atoms with van der Waals surface area (Å²) in [7, 11) is 0. The second-order valence-corrected chi connectivity index (χ2v) is 8.66. The van der Waals surface area contributed by atoms with Gasteiger partial charge in [-0.3, -0.25) is 4.79 Å². The zero-order valence-electron chi connectivity index (χ0n) is 20.7. The van der Waals surface area contributed by atoms with E-state index in [1.165, 1.54) is 12.1 Å². The Morgan fingerprint density at radius 2 is 1.68 bits per heavy atom. The first-order chi connectivity index (χ1) is 17.9. The zero-order valence-corrected chi connectivity index (χ0v) is 20.7. The Labute approximate surface area is 214 Å². The Balaban J connectivity index is 1.33. The molecule has 0 amide bonds. The molecule has 1 atom stereocenters. The van der Waals surface area contributed by atoms with Crippen molar-refractivity contribution < 1.29 is 23.9 Å². The fourth-order valence-corrected chi connectivity index (χ4v) is 3.80. The van der Waals surface area contributed by atoms with E-state index in [0.29, 0.717) is 18.1 Å². The van der Waals surface area contributed by atoms with Crippen molar-refractivity contribution in [3.05, 3.63) is 113 Å². The average molecular weight is 502 g/mol. The molecule has 0 aliphatic heterocycles. The van der Waals surface area contributed by atoms with E-state index >= 15 is 0 Å². The SMILES string of the molecule is C/C(=N\OCc1ccc(F)cc1)C(Cc1ccc(OCc2cnn(-c3ccccc3)c2C)cc1)C(=O)O. The molecule has 3 aromatic carbocycles. The quantitative estimate of drug-likeness (QED) is 0.209. The summed E-state index contributed by atoms with van der Waals surface area (Å²) in [6.45, 7) is 4.12. The smallest absolute Gasteiger partial charge is 0.312 e. The number of carboxylic acids is 1. The van der Waals surface area contributed by atoms with Crippen LogP contribution in [-0.2, 0) is 29.3 Å². The summed E-state index contributed by atoms with van der Waals surface area (Å²) in [5, 5.41) is 18.2. The monoisotopic (exact) mass is 501 g/mol. The summed E-state index contributed by atoms with van der Waals surface area (Å²) in [6.07, 6.45) is 2.06. The lowest BCUT2D eigenvalue weighted by Gasteiger charge is -2.13. The predicted molar refractivity (Wildman–Crippen MR) is 138 cm³/mol. The lowest BCUT2D eigenvalue weighted by molar-refractivity contribution is -0.139. The number of aliphatic carboxylic acids is 1. The van der Waals surface area contributed by atoms with Crippen molar-refractivity contribution in [2.45, 2.75) is 33.5 Å². The highest BCUT2D eigenvalue weighted by Crippen LogP contribution is 2.20. The summed E-state index contributed by atoms with van der Waals surface area (Å²) in [5.41, 5.74) is 4.89. The van der Waals surface area contributed by atoms with E-state index in [-0.39, 0.29) is 18.8 Å². The third-order valence-electron chi connectivity index (χ3n) is 6.03. The third kappa shape index (κ3) is 6.82. The normalized spacial score (nSPS) is 12.2. The van der Waals surface area contributed by atoms with Gasteiger partial charge in [0.25, 0.3) is 0 Å². The summed E-state index contributed by atoms with van der Waals surface area (Å²) in [4.78, 5) is 17.2. The van der Waals surface area contributed by atoms with Crippen LogP contribution in [0.25, 0.3) is 5.69 Å². The van der Waals surface area contributed by atoms with Crippen molar-refractivity contribution in [1.82, 2.24) is 9.78 Å². The second kappa shape index (κ2) is 12.0. The number of benzene rings is 3. The fourth-order valence-electron chi connectivity index (χ4n) is 3.80. The van der Waals surface area contributed by atoms with Gasteiger partial charge in [0, 0.05) is 11.3 Å². The maximum atomic E-state index is 13.0. The molecular weight excluding hydrogens is 473 g/mol. The molecule has 4 rings (SSSR count). The van der Waals surface area contributed by atoms with Crippen LogP contribution in [-0.4, -0.2) is 26.6 Å². The van der Waals surface area contributed by atoms with Crippen LogP contribution >= 0.6 is 0 Å². The maximum absolute atomic E-state index is 13.0. The molecule has 1 heterocycles. The molecular formula is C29H28FN3O4. The van der Waals surface area contributed by atoms with Gasteiger partial charge in [0.2, 0.25) is 0 Å². The number of halogens is 1. The molecule has 4 aromatic rings. The van der Waals surface area contributed by atoms with Crippen LogP contribution in [0.1, 0.15) is 29.3 Å². The number of rotatable bonds is 11. The van der Waals surface area contributed by atoms with E-state index in [0.717, 1.165) is 28.1 Å². The molecule has 37 heavy (non-hydrogen) atoms. The number of nitrogens with zero attached hydrogens (tertiary/aromatic N) is 3. The lowest BCUT2D eigenvalue weighted by Crippen LogP contribution is -2.24. The van der Waals surface area contributed by atoms with Crippen molar-refractivity contribution >= 4 is 11.7 Å². The van der Waals surface area contributed by atoms with Crippen molar-refractivity contribution in [2.24, 2.45) is 11.1 Å². The van der Waals surface area contributed by atoms with Crippen molar-refractivity contribution in [2.75, 3.05) is 0 Å². The largest absolute Gasteiger partial charge is 0.489 e. The minimum absolute atomic E-state index is 0.125. The van der Waals surface area contributed by atoms with Crippen molar-refractivity contribution in [3.8, 4) is 11.4 Å².